The van der Waals surface area contributed by atoms with Gasteiger partial charge in [0, 0.05) is 0 Å². The molecule has 0 aliphatic rings. The number of hydrogen-bond donors (Lipinski definition) is 2. The average molecular weight is 310 g/mol. The summed E-state index contributed by atoms with van der Waals surface area (Å²) in [5, 5.41) is 0. The highest BCUT2D eigenvalue weighted by molar-refractivity contribution is 7.98. The summed E-state index contributed by atoms with van der Waals surface area (Å²) in [6, 6.07) is -1.37. The summed E-state index contributed by atoms with van der Waals surface area (Å²) < 4.78 is 9.50. The molecule has 112 valence electrons. The monoisotopic (exact) mass is 310 g/mol. The Balaban J connectivity index is 3.77. The van der Waals surface area contributed by atoms with Crippen molar-refractivity contribution in [2.24, 2.45) is 11.5 Å². The molecule has 2 atom stereocenters. The van der Waals surface area contributed by atoms with Crippen LogP contribution < -0.4 is 11.5 Å². The van der Waals surface area contributed by atoms with Gasteiger partial charge >= 0.3 is 11.9 Å². The van der Waals surface area contributed by atoms with Crippen molar-refractivity contribution >= 4 is 35.5 Å². The van der Waals surface area contributed by atoms with Crippen LogP contribution in [0.4, 0.5) is 0 Å². The maximum absolute atomic E-state index is 11.4. The largest absolute Gasteiger partial charge is 0.427 e. The van der Waals surface area contributed by atoms with E-state index in [2.05, 4.69) is 0 Å². The molecule has 0 heterocycles. The van der Waals surface area contributed by atoms with E-state index in [0.717, 1.165) is 11.5 Å². The molecule has 6 nitrogen and oxygen atoms in total. The third-order valence-corrected chi connectivity index (χ3v) is 3.56. The van der Waals surface area contributed by atoms with Crippen LogP contribution in [0.25, 0.3) is 0 Å². The SMILES string of the molecule is CSCCC(N)C(=O)OCOC(=O)C(N)CCSC. The predicted octanol–water partition coefficient (Wildman–Crippen LogP) is 0.191. The van der Waals surface area contributed by atoms with E-state index in [1.807, 2.05) is 12.5 Å². The molecule has 0 bridgehead atoms. The molecular formula is C11H22N2O4S2. The van der Waals surface area contributed by atoms with Gasteiger partial charge in [0.1, 0.15) is 12.1 Å². The Kier molecular flexibility index (Phi) is 11.1. The Morgan fingerprint density at radius 3 is 1.63 bits per heavy atom. The van der Waals surface area contributed by atoms with Crippen LogP contribution in [0.5, 0.6) is 0 Å². The summed E-state index contributed by atoms with van der Waals surface area (Å²) in [4.78, 5) is 22.8. The van der Waals surface area contributed by atoms with Crippen LogP contribution in [0.2, 0.25) is 0 Å². The predicted molar refractivity (Wildman–Crippen MR) is 79.0 cm³/mol. The lowest BCUT2D eigenvalue weighted by molar-refractivity contribution is -0.169. The summed E-state index contributed by atoms with van der Waals surface area (Å²) in [7, 11) is 0. The van der Waals surface area contributed by atoms with Gasteiger partial charge in [0.25, 0.3) is 0 Å². The van der Waals surface area contributed by atoms with Crippen LogP contribution in [-0.4, -0.2) is 54.8 Å². The third kappa shape index (κ3) is 9.15. The Morgan fingerprint density at radius 1 is 0.947 bits per heavy atom. The molecule has 0 rings (SSSR count). The van der Waals surface area contributed by atoms with Gasteiger partial charge in [-0.25, -0.2) is 0 Å². The molecule has 0 aromatic heterocycles. The van der Waals surface area contributed by atoms with Crippen molar-refractivity contribution in [3.63, 3.8) is 0 Å². The number of thioether (sulfide) groups is 2. The second-order valence-electron chi connectivity index (χ2n) is 3.82. The van der Waals surface area contributed by atoms with Crippen LogP contribution in [0.1, 0.15) is 12.8 Å². The molecule has 0 radical (unpaired) electrons. The van der Waals surface area contributed by atoms with Crippen LogP contribution in [-0.2, 0) is 19.1 Å². The van der Waals surface area contributed by atoms with Gasteiger partial charge in [0.2, 0.25) is 6.79 Å². The molecule has 0 aromatic rings. The fourth-order valence-electron chi connectivity index (χ4n) is 1.09. The fourth-order valence-corrected chi connectivity index (χ4v) is 2.06. The van der Waals surface area contributed by atoms with Gasteiger partial charge in [0.15, 0.2) is 0 Å². The van der Waals surface area contributed by atoms with Gasteiger partial charge in [-0.3, -0.25) is 9.59 Å². The lowest BCUT2D eigenvalue weighted by atomic mass is 10.2. The molecule has 0 spiro atoms. The van der Waals surface area contributed by atoms with E-state index >= 15 is 0 Å². The summed E-state index contributed by atoms with van der Waals surface area (Å²) >= 11 is 3.19. The average Bonchev–Trinajstić information content (AvgIpc) is 2.41. The van der Waals surface area contributed by atoms with Crippen molar-refractivity contribution in [1.29, 1.82) is 0 Å². The molecule has 0 saturated heterocycles. The summed E-state index contributed by atoms with van der Waals surface area (Å²) in [6.07, 6.45) is 4.91. The first-order valence-corrected chi connectivity index (χ1v) is 8.64. The number of carbonyl (C=O) groups is 2. The van der Waals surface area contributed by atoms with Gasteiger partial charge in [-0.15, -0.1) is 0 Å². The first-order chi connectivity index (χ1) is 9.02. The number of carbonyl (C=O) groups excluding carboxylic acids is 2. The number of ether oxygens (including phenoxy) is 2. The van der Waals surface area contributed by atoms with Crippen molar-refractivity contribution in [2.45, 2.75) is 24.9 Å². The Hall–Kier alpha value is -0.440. The molecule has 2 unspecified atom stereocenters. The first kappa shape index (κ1) is 18.6. The zero-order valence-corrected chi connectivity index (χ0v) is 12.9. The van der Waals surface area contributed by atoms with E-state index in [9.17, 15) is 9.59 Å². The minimum absolute atomic E-state index is 0.433. The van der Waals surface area contributed by atoms with Crippen LogP contribution in [0.15, 0.2) is 0 Å². The van der Waals surface area contributed by atoms with Gasteiger partial charge in [-0.1, -0.05) is 0 Å². The molecule has 0 aliphatic heterocycles. The smallest absolute Gasteiger partial charge is 0.325 e. The van der Waals surface area contributed by atoms with Crippen LogP contribution >= 0.6 is 23.5 Å². The van der Waals surface area contributed by atoms with Crippen molar-refractivity contribution in [3.05, 3.63) is 0 Å². The summed E-state index contributed by atoms with van der Waals surface area (Å²) in [6.45, 7) is -0.433. The molecule has 0 aromatic carbocycles. The normalized spacial score (nSPS) is 13.7. The quantitative estimate of drug-likeness (QED) is 0.435. The standard InChI is InChI=1S/C11H22N2O4S2/c1-18-5-3-8(12)10(14)16-7-17-11(15)9(13)4-6-19-2/h8-9H,3-7,12-13H2,1-2H3. The number of nitrogens with two attached hydrogens (primary N) is 2. The third-order valence-electron chi connectivity index (χ3n) is 2.27. The van der Waals surface area contributed by atoms with Crippen LogP contribution in [0.3, 0.4) is 0 Å². The maximum Gasteiger partial charge on any atom is 0.325 e. The molecule has 19 heavy (non-hydrogen) atoms. The first-order valence-electron chi connectivity index (χ1n) is 5.85. The van der Waals surface area contributed by atoms with Crippen molar-refractivity contribution in [2.75, 3.05) is 30.8 Å². The van der Waals surface area contributed by atoms with Crippen molar-refractivity contribution < 1.29 is 19.1 Å². The topological polar surface area (TPSA) is 105 Å². The molecular weight excluding hydrogens is 288 g/mol. The van der Waals surface area contributed by atoms with E-state index in [-0.39, 0.29) is 0 Å². The number of rotatable bonds is 10. The van der Waals surface area contributed by atoms with Gasteiger partial charge in [0.05, 0.1) is 0 Å². The van der Waals surface area contributed by atoms with Crippen molar-refractivity contribution in [3.8, 4) is 0 Å². The molecule has 4 N–H and O–H groups in total. The fraction of sp³-hybridized carbons (Fsp3) is 0.818. The zero-order valence-electron chi connectivity index (χ0n) is 11.3. The van der Waals surface area contributed by atoms with E-state index in [0.29, 0.717) is 12.8 Å². The zero-order chi connectivity index (χ0) is 14.7. The highest BCUT2D eigenvalue weighted by Gasteiger charge is 2.17. The Morgan fingerprint density at radius 2 is 1.32 bits per heavy atom. The van der Waals surface area contributed by atoms with E-state index < -0.39 is 30.8 Å². The second-order valence-corrected chi connectivity index (χ2v) is 5.79. The van der Waals surface area contributed by atoms with Gasteiger partial charge in [-0.2, -0.15) is 23.5 Å². The second kappa shape index (κ2) is 11.4. The van der Waals surface area contributed by atoms with Crippen LogP contribution in [0, 0.1) is 0 Å². The Bertz CT molecular complexity index is 253. The molecule has 0 amide bonds. The summed E-state index contributed by atoms with van der Waals surface area (Å²) in [5.74, 6) is 0.407. The van der Waals surface area contributed by atoms with Gasteiger partial charge < -0.3 is 20.9 Å². The highest BCUT2D eigenvalue weighted by Crippen LogP contribution is 2.02. The summed E-state index contributed by atoms with van der Waals surface area (Å²) in [5.41, 5.74) is 11.2. The lowest BCUT2D eigenvalue weighted by Crippen LogP contribution is -2.36. The minimum Gasteiger partial charge on any atom is -0.427 e. The molecule has 0 fully saturated rings. The number of esters is 2. The molecule has 0 aliphatic carbocycles. The molecule has 8 heteroatoms. The highest BCUT2D eigenvalue weighted by atomic mass is 32.2. The van der Waals surface area contributed by atoms with Crippen molar-refractivity contribution in [1.82, 2.24) is 0 Å². The molecule has 0 saturated carbocycles. The Labute approximate surface area is 122 Å². The lowest BCUT2D eigenvalue weighted by Gasteiger charge is -2.13. The minimum atomic E-state index is -0.684. The van der Waals surface area contributed by atoms with Gasteiger partial charge in [-0.05, 0) is 36.9 Å². The van der Waals surface area contributed by atoms with E-state index in [4.69, 9.17) is 20.9 Å². The number of hydrogen-bond acceptors (Lipinski definition) is 8. The maximum atomic E-state index is 11.4. The van der Waals surface area contributed by atoms with E-state index in [1.165, 1.54) is 0 Å². The van der Waals surface area contributed by atoms with E-state index in [1.54, 1.807) is 23.5 Å².